The molecule has 0 spiro atoms. The first-order valence-electron chi connectivity index (χ1n) is 5.25. The molecule has 5 nitrogen and oxygen atoms in total. The van der Waals surface area contributed by atoms with Crippen molar-refractivity contribution >= 4 is 11.7 Å². The van der Waals surface area contributed by atoms with Crippen LogP contribution in [0.15, 0.2) is 18.2 Å². The van der Waals surface area contributed by atoms with Crippen molar-refractivity contribution in [3.8, 4) is 5.75 Å². The molecule has 0 unspecified atom stereocenters. The molecule has 1 atom stereocenters. The zero-order chi connectivity index (χ0) is 12.8. The predicted molar refractivity (Wildman–Crippen MR) is 64.4 cm³/mol. The molecule has 0 aliphatic rings. The van der Waals surface area contributed by atoms with E-state index in [0.29, 0.717) is 17.9 Å². The number of nitrogens with one attached hydrogen (secondary N) is 1. The largest absolute Gasteiger partial charge is 0.508 e. The van der Waals surface area contributed by atoms with Gasteiger partial charge in [0.1, 0.15) is 5.75 Å². The van der Waals surface area contributed by atoms with Gasteiger partial charge in [-0.15, -0.1) is 0 Å². The number of ether oxygens (including phenoxy) is 2. The molecule has 0 amide bonds. The minimum absolute atomic E-state index is 0.0235. The zero-order valence-corrected chi connectivity index (χ0v) is 10.2. The Balaban J connectivity index is 2.94. The normalized spacial score (nSPS) is 11.9. The first-order chi connectivity index (χ1) is 8.08. The number of benzene rings is 1. The Morgan fingerprint density at radius 3 is 2.76 bits per heavy atom. The fourth-order valence-corrected chi connectivity index (χ4v) is 1.49. The summed E-state index contributed by atoms with van der Waals surface area (Å²) in [5.74, 6) is -0.469. The van der Waals surface area contributed by atoms with Crippen LogP contribution in [0.1, 0.15) is 17.3 Å². The first kappa shape index (κ1) is 13.3. The Morgan fingerprint density at radius 1 is 1.47 bits per heavy atom. The van der Waals surface area contributed by atoms with Crippen molar-refractivity contribution in [2.24, 2.45) is 0 Å². The molecule has 1 aromatic rings. The van der Waals surface area contributed by atoms with Crippen LogP contribution in [0.3, 0.4) is 0 Å². The standard InChI is InChI=1S/C12H17NO4/c1-8(7-16-2)13-11-5-4-9(14)6-10(11)12(15)17-3/h4-6,8,13-14H,7H2,1-3H3/t8-/m0/s1. The number of aromatic hydroxyl groups is 1. The highest BCUT2D eigenvalue weighted by atomic mass is 16.5. The number of rotatable bonds is 5. The highest BCUT2D eigenvalue weighted by Crippen LogP contribution is 2.22. The van der Waals surface area contributed by atoms with E-state index >= 15 is 0 Å². The van der Waals surface area contributed by atoms with Gasteiger partial charge in [-0.3, -0.25) is 0 Å². The second-order valence-electron chi connectivity index (χ2n) is 3.72. The predicted octanol–water partition coefficient (Wildman–Crippen LogP) is 1.63. The number of carbonyl (C=O) groups excluding carboxylic acids is 1. The van der Waals surface area contributed by atoms with Crippen LogP contribution >= 0.6 is 0 Å². The maximum atomic E-state index is 11.5. The van der Waals surface area contributed by atoms with Crippen LogP contribution in [0.25, 0.3) is 0 Å². The van der Waals surface area contributed by atoms with Gasteiger partial charge in [-0.05, 0) is 25.1 Å². The molecule has 0 aromatic heterocycles. The molecule has 0 aliphatic carbocycles. The lowest BCUT2D eigenvalue weighted by Crippen LogP contribution is -2.22. The van der Waals surface area contributed by atoms with Gasteiger partial charge in [0, 0.05) is 18.8 Å². The van der Waals surface area contributed by atoms with Crippen molar-refractivity contribution in [2.75, 3.05) is 26.1 Å². The fraction of sp³-hybridized carbons (Fsp3) is 0.417. The summed E-state index contributed by atoms with van der Waals surface area (Å²) >= 11 is 0. The van der Waals surface area contributed by atoms with Crippen molar-refractivity contribution in [3.05, 3.63) is 23.8 Å². The minimum Gasteiger partial charge on any atom is -0.508 e. The van der Waals surface area contributed by atoms with Gasteiger partial charge in [0.25, 0.3) is 0 Å². The average molecular weight is 239 g/mol. The molecule has 0 bridgehead atoms. The lowest BCUT2D eigenvalue weighted by atomic mass is 10.1. The van der Waals surface area contributed by atoms with Crippen LogP contribution in [0.2, 0.25) is 0 Å². The average Bonchev–Trinajstić information content (AvgIpc) is 2.30. The lowest BCUT2D eigenvalue weighted by molar-refractivity contribution is 0.0601. The Kier molecular flexibility index (Phi) is 4.78. The molecule has 0 aliphatic heterocycles. The van der Waals surface area contributed by atoms with E-state index < -0.39 is 5.97 Å². The highest BCUT2D eigenvalue weighted by Gasteiger charge is 2.14. The lowest BCUT2D eigenvalue weighted by Gasteiger charge is -2.16. The van der Waals surface area contributed by atoms with Gasteiger partial charge >= 0.3 is 5.97 Å². The van der Waals surface area contributed by atoms with Gasteiger partial charge < -0.3 is 19.9 Å². The third kappa shape index (κ3) is 3.64. The van der Waals surface area contributed by atoms with Crippen molar-refractivity contribution in [2.45, 2.75) is 13.0 Å². The van der Waals surface area contributed by atoms with Crippen LogP contribution in [0.4, 0.5) is 5.69 Å². The van der Waals surface area contributed by atoms with Gasteiger partial charge in [0.05, 0.1) is 19.3 Å². The molecule has 1 aromatic carbocycles. The molecule has 0 fully saturated rings. The molecule has 5 heteroatoms. The van der Waals surface area contributed by atoms with E-state index in [9.17, 15) is 9.90 Å². The smallest absolute Gasteiger partial charge is 0.340 e. The number of phenolic OH excluding ortho intramolecular Hbond substituents is 1. The molecule has 0 saturated heterocycles. The number of hydrogen-bond donors (Lipinski definition) is 2. The summed E-state index contributed by atoms with van der Waals surface area (Å²) in [4.78, 5) is 11.5. The van der Waals surface area contributed by atoms with Crippen molar-refractivity contribution in [1.29, 1.82) is 0 Å². The van der Waals surface area contributed by atoms with Gasteiger partial charge in [-0.2, -0.15) is 0 Å². The maximum absolute atomic E-state index is 11.5. The molecule has 0 saturated carbocycles. The van der Waals surface area contributed by atoms with Crippen LogP contribution in [0, 0.1) is 0 Å². The SMILES string of the molecule is COC[C@H](C)Nc1ccc(O)cc1C(=O)OC. The second-order valence-corrected chi connectivity index (χ2v) is 3.72. The summed E-state index contributed by atoms with van der Waals surface area (Å²) in [5.41, 5.74) is 0.912. The van der Waals surface area contributed by atoms with Gasteiger partial charge in [0.2, 0.25) is 0 Å². The van der Waals surface area contributed by atoms with Crippen molar-refractivity contribution < 1.29 is 19.4 Å². The summed E-state index contributed by atoms with van der Waals surface area (Å²) in [6, 6.07) is 4.56. The van der Waals surface area contributed by atoms with E-state index in [1.165, 1.54) is 19.2 Å². The Hall–Kier alpha value is -1.75. The van der Waals surface area contributed by atoms with E-state index in [0.717, 1.165) is 0 Å². The molecule has 2 N–H and O–H groups in total. The van der Waals surface area contributed by atoms with E-state index in [2.05, 4.69) is 10.1 Å². The number of hydrogen-bond acceptors (Lipinski definition) is 5. The van der Waals surface area contributed by atoms with E-state index in [1.54, 1.807) is 13.2 Å². The number of carbonyl (C=O) groups is 1. The summed E-state index contributed by atoms with van der Waals surface area (Å²) < 4.78 is 9.65. The minimum atomic E-state index is -0.493. The number of anilines is 1. The van der Waals surface area contributed by atoms with E-state index in [-0.39, 0.29) is 11.8 Å². The van der Waals surface area contributed by atoms with E-state index in [1.807, 2.05) is 6.92 Å². The molecule has 1 rings (SSSR count). The topological polar surface area (TPSA) is 67.8 Å². The molecular formula is C12H17NO4. The quantitative estimate of drug-likeness (QED) is 0.603. The van der Waals surface area contributed by atoms with Crippen LogP contribution in [0.5, 0.6) is 5.75 Å². The summed E-state index contributed by atoms with van der Waals surface area (Å²) in [6.45, 7) is 2.44. The van der Waals surface area contributed by atoms with Gasteiger partial charge in [-0.25, -0.2) is 4.79 Å². The molecule has 0 radical (unpaired) electrons. The molecule has 94 valence electrons. The van der Waals surface area contributed by atoms with Gasteiger partial charge in [0.15, 0.2) is 0 Å². The highest BCUT2D eigenvalue weighted by molar-refractivity contribution is 5.96. The number of methoxy groups -OCH3 is 2. The van der Waals surface area contributed by atoms with Crippen LogP contribution in [-0.4, -0.2) is 37.9 Å². The van der Waals surface area contributed by atoms with Crippen molar-refractivity contribution in [1.82, 2.24) is 0 Å². The summed E-state index contributed by atoms with van der Waals surface area (Å²) in [7, 11) is 2.91. The maximum Gasteiger partial charge on any atom is 0.340 e. The fourth-order valence-electron chi connectivity index (χ4n) is 1.49. The van der Waals surface area contributed by atoms with Crippen LogP contribution in [-0.2, 0) is 9.47 Å². The summed E-state index contributed by atoms with van der Waals surface area (Å²) in [6.07, 6.45) is 0. The Morgan fingerprint density at radius 2 is 2.18 bits per heavy atom. The first-order valence-corrected chi connectivity index (χ1v) is 5.25. The Bertz CT molecular complexity index is 392. The van der Waals surface area contributed by atoms with Gasteiger partial charge in [-0.1, -0.05) is 0 Å². The third-order valence-electron chi connectivity index (χ3n) is 2.23. The molecule has 0 heterocycles. The second kappa shape index (κ2) is 6.10. The number of phenols is 1. The third-order valence-corrected chi connectivity index (χ3v) is 2.23. The van der Waals surface area contributed by atoms with Crippen molar-refractivity contribution in [3.63, 3.8) is 0 Å². The van der Waals surface area contributed by atoms with Crippen LogP contribution < -0.4 is 5.32 Å². The molecular weight excluding hydrogens is 222 g/mol. The molecule has 17 heavy (non-hydrogen) atoms. The Labute approximate surface area is 100 Å². The number of esters is 1. The van der Waals surface area contributed by atoms with E-state index in [4.69, 9.17) is 4.74 Å². The monoisotopic (exact) mass is 239 g/mol. The zero-order valence-electron chi connectivity index (χ0n) is 10.2. The summed E-state index contributed by atoms with van der Waals surface area (Å²) in [5, 5.41) is 12.5.